The van der Waals surface area contributed by atoms with Gasteiger partial charge in [0.25, 0.3) is 0 Å². The summed E-state index contributed by atoms with van der Waals surface area (Å²) in [4.78, 5) is 0. The first-order chi connectivity index (χ1) is 12.9. The summed E-state index contributed by atoms with van der Waals surface area (Å²) >= 11 is 0. The van der Waals surface area contributed by atoms with Gasteiger partial charge in [-0.25, -0.2) is 0 Å². The molecule has 0 nitrogen and oxygen atoms in total. The van der Waals surface area contributed by atoms with Gasteiger partial charge in [-0.2, -0.15) is 71.4 Å². The van der Waals surface area contributed by atoms with E-state index in [1.165, 1.54) is 21.5 Å². The summed E-state index contributed by atoms with van der Waals surface area (Å²) in [5, 5.41) is 5.32. The molecular formula is C26H24Cl2SiZr. The summed E-state index contributed by atoms with van der Waals surface area (Å²) in [5.74, 6) is 0. The van der Waals surface area contributed by atoms with Gasteiger partial charge in [-0.15, -0.1) is 84.1 Å². The van der Waals surface area contributed by atoms with Crippen molar-refractivity contribution in [1.29, 1.82) is 0 Å². The van der Waals surface area contributed by atoms with Crippen LogP contribution in [-0.4, -0.2) is 11.0 Å². The van der Waals surface area contributed by atoms with Crippen LogP contribution in [0.2, 0.25) is 0 Å². The van der Waals surface area contributed by atoms with Crippen molar-refractivity contribution in [1.82, 2.24) is 0 Å². The number of hydrogen-bond donors (Lipinski definition) is 0. The van der Waals surface area contributed by atoms with Crippen LogP contribution in [0, 0.1) is 12.6 Å². The Kier molecular flexibility index (Phi) is 22.6. The number of rotatable bonds is 0. The summed E-state index contributed by atoms with van der Waals surface area (Å²) in [6.45, 7) is 7.00. The first kappa shape index (κ1) is 33.0. The maximum Gasteiger partial charge on any atom is 4.00 e. The van der Waals surface area contributed by atoms with Crippen LogP contribution in [0.1, 0.15) is 0 Å². The molecule has 30 heavy (non-hydrogen) atoms. The second-order valence-electron chi connectivity index (χ2n) is 5.39. The van der Waals surface area contributed by atoms with Gasteiger partial charge in [-0.05, 0) is 0 Å². The molecule has 0 aliphatic heterocycles. The summed E-state index contributed by atoms with van der Waals surface area (Å²) in [7, 11) is 0. The summed E-state index contributed by atoms with van der Waals surface area (Å²) in [6.07, 6.45) is 0. The monoisotopic (exact) mass is 524 g/mol. The van der Waals surface area contributed by atoms with Gasteiger partial charge in [0, 0.05) is 11.0 Å². The normalized spacial score (nSPS) is 7.87. The molecule has 150 valence electrons. The van der Waals surface area contributed by atoms with E-state index in [-0.39, 0.29) is 62.0 Å². The first-order valence-electron chi connectivity index (χ1n) is 8.46. The Morgan fingerprint density at radius 3 is 1.30 bits per heavy atom. The minimum atomic E-state index is 0. The predicted molar refractivity (Wildman–Crippen MR) is 135 cm³/mol. The molecule has 4 radical (unpaired) electrons. The molecule has 0 atom stereocenters. The third kappa shape index (κ3) is 11.5. The maximum absolute atomic E-state index is 4.25. The standard InChI is InChI=1S/2C9H7.C6H5.C2H3.2ClH.Si.Zr/c2*1-2-5-9-7-3-6-8(9)4-1;1-2-4-6-5-3-1;1-2;;;;/h2*1-7H;1-5H;1H,2H2;2*1H;;/q4*-1;;;;+4. The number of hydrogen-bond acceptors (Lipinski definition) is 0. The van der Waals surface area contributed by atoms with Gasteiger partial charge in [-0.1, -0.05) is 12.1 Å². The molecule has 0 heterocycles. The molecule has 4 heteroatoms. The van der Waals surface area contributed by atoms with Crippen LogP contribution in [-0.2, 0) is 26.2 Å². The minimum Gasteiger partial charge on any atom is -0.521 e. The molecule has 0 saturated heterocycles. The Balaban J connectivity index is -0.000000334. The zero-order valence-corrected chi connectivity index (χ0v) is 21.7. The van der Waals surface area contributed by atoms with Crippen molar-refractivity contribution in [3.8, 4) is 0 Å². The third-order valence-corrected chi connectivity index (χ3v) is 3.70. The van der Waals surface area contributed by atoms with Gasteiger partial charge in [0.05, 0.1) is 0 Å². The molecule has 5 rings (SSSR count). The second-order valence-corrected chi connectivity index (χ2v) is 5.39. The fourth-order valence-corrected chi connectivity index (χ4v) is 2.48. The zero-order chi connectivity index (χ0) is 18.5. The Bertz CT molecular complexity index is 840. The molecule has 0 fully saturated rings. The average Bonchev–Trinajstić information content (AvgIpc) is 3.41. The van der Waals surface area contributed by atoms with E-state index in [0.29, 0.717) is 0 Å². The Morgan fingerprint density at radius 1 is 0.600 bits per heavy atom. The van der Waals surface area contributed by atoms with E-state index in [1.54, 1.807) is 0 Å². The van der Waals surface area contributed by atoms with Crippen molar-refractivity contribution in [2.75, 3.05) is 0 Å². The average molecular weight is 527 g/mol. The summed E-state index contributed by atoms with van der Waals surface area (Å²) in [6, 6.07) is 41.8. The molecule has 0 saturated carbocycles. The van der Waals surface area contributed by atoms with Crippen LogP contribution in [0.5, 0.6) is 0 Å². The SMILES string of the molecule is Cl.Cl.[CH-]=C.[Si].[Zr+4].[c-]1ccccc1.c1ccc2[cH-]ccc2c1.c1ccc2[cH-]ccc2c1. The third-order valence-electron chi connectivity index (χ3n) is 3.70. The van der Waals surface area contributed by atoms with E-state index >= 15 is 0 Å². The fraction of sp³-hybridized carbons (Fsp3) is 0. The zero-order valence-electron chi connectivity index (χ0n) is 16.6. The number of fused-ring (bicyclic) bond motifs is 2. The van der Waals surface area contributed by atoms with Gasteiger partial charge in [0.1, 0.15) is 0 Å². The molecule has 0 aromatic heterocycles. The van der Waals surface area contributed by atoms with Crippen molar-refractivity contribution in [3.05, 3.63) is 134 Å². The van der Waals surface area contributed by atoms with Gasteiger partial charge in [-0.3, -0.25) is 6.58 Å². The van der Waals surface area contributed by atoms with Gasteiger partial charge >= 0.3 is 26.2 Å². The topological polar surface area (TPSA) is 0 Å². The molecule has 5 aromatic carbocycles. The smallest absolute Gasteiger partial charge is 0.521 e. The van der Waals surface area contributed by atoms with E-state index in [2.05, 4.69) is 104 Å². The van der Waals surface area contributed by atoms with E-state index in [4.69, 9.17) is 0 Å². The van der Waals surface area contributed by atoms with Crippen molar-refractivity contribution in [2.45, 2.75) is 0 Å². The molecule has 0 aliphatic rings. The molecule has 5 aromatic rings. The molecule has 0 spiro atoms. The Labute approximate surface area is 216 Å². The van der Waals surface area contributed by atoms with Crippen LogP contribution in [0.3, 0.4) is 0 Å². The molecule has 0 aliphatic carbocycles. The first-order valence-corrected chi connectivity index (χ1v) is 8.46. The Hall–Kier alpha value is -1.70. The predicted octanol–water partition coefficient (Wildman–Crippen LogP) is 7.67. The van der Waals surface area contributed by atoms with Crippen molar-refractivity contribution < 1.29 is 26.2 Å². The molecule has 0 N–H and O–H groups in total. The second kappa shape index (κ2) is 20.6. The number of halogens is 2. The van der Waals surface area contributed by atoms with Crippen LogP contribution in [0.25, 0.3) is 21.5 Å². The quantitative estimate of drug-likeness (QED) is 0.143. The van der Waals surface area contributed by atoms with Gasteiger partial charge < -0.3 is 6.58 Å². The van der Waals surface area contributed by atoms with Crippen molar-refractivity contribution in [2.24, 2.45) is 0 Å². The molecule has 0 unspecified atom stereocenters. The van der Waals surface area contributed by atoms with Crippen LogP contribution in [0.15, 0.2) is 122 Å². The van der Waals surface area contributed by atoms with E-state index in [0.717, 1.165) is 0 Å². The largest absolute Gasteiger partial charge is 4.00 e. The van der Waals surface area contributed by atoms with E-state index < -0.39 is 0 Å². The van der Waals surface area contributed by atoms with Crippen molar-refractivity contribution >= 4 is 57.3 Å². The van der Waals surface area contributed by atoms with Crippen LogP contribution >= 0.6 is 24.8 Å². The summed E-state index contributed by atoms with van der Waals surface area (Å²) < 4.78 is 0. The van der Waals surface area contributed by atoms with Crippen molar-refractivity contribution in [3.63, 3.8) is 0 Å². The Morgan fingerprint density at radius 2 is 1.00 bits per heavy atom. The maximum atomic E-state index is 4.25. The fourth-order valence-electron chi connectivity index (χ4n) is 2.48. The van der Waals surface area contributed by atoms with E-state index in [1.807, 2.05) is 30.3 Å². The molecule has 0 amide bonds. The van der Waals surface area contributed by atoms with Gasteiger partial charge in [0.15, 0.2) is 0 Å². The number of benzene rings is 3. The van der Waals surface area contributed by atoms with E-state index in [9.17, 15) is 0 Å². The van der Waals surface area contributed by atoms with Crippen LogP contribution < -0.4 is 0 Å². The van der Waals surface area contributed by atoms with Gasteiger partial charge in [0.2, 0.25) is 0 Å². The molecule has 0 bridgehead atoms. The van der Waals surface area contributed by atoms with Crippen LogP contribution in [0.4, 0.5) is 0 Å². The summed E-state index contributed by atoms with van der Waals surface area (Å²) in [5.41, 5.74) is 0. The molecular weight excluding hydrogens is 503 g/mol. The minimum absolute atomic E-state index is 0.